The maximum absolute atomic E-state index is 5.26. The van der Waals surface area contributed by atoms with Gasteiger partial charge in [0.25, 0.3) is 0 Å². The fourth-order valence-electron chi connectivity index (χ4n) is 8.92. The van der Waals surface area contributed by atoms with Gasteiger partial charge in [-0.1, -0.05) is 129 Å². The largest absolute Gasteiger partial charge is 0.309 e. The topological polar surface area (TPSA) is 30.7 Å². The van der Waals surface area contributed by atoms with E-state index in [0.717, 1.165) is 33.4 Å². The van der Waals surface area contributed by atoms with Crippen molar-refractivity contribution in [3.05, 3.63) is 163 Å². The highest BCUT2D eigenvalue weighted by Crippen LogP contribution is 2.53. The Morgan fingerprint density at radius 3 is 2.00 bits per heavy atom. The smallest absolute Gasteiger partial charge is 0.159 e. The molecule has 2 aromatic heterocycles. The minimum absolute atomic E-state index is 0.144. The van der Waals surface area contributed by atoms with Gasteiger partial charge in [0, 0.05) is 44.4 Å². The number of rotatable bonds is 2. The second-order valence-electron chi connectivity index (χ2n) is 14.2. The van der Waals surface area contributed by atoms with E-state index in [2.05, 4.69) is 164 Å². The number of fused-ring (bicyclic) bond motifs is 14. The van der Waals surface area contributed by atoms with Crippen molar-refractivity contribution in [2.75, 3.05) is 0 Å². The second-order valence-corrected chi connectivity index (χ2v) is 14.2. The van der Waals surface area contributed by atoms with Crippen molar-refractivity contribution in [2.24, 2.45) is 0 Å². The van der Waals surface area contributed by atoms with Gasteiger partial charge in [0.15, 0.2) is 5.82 Å². The molecule has 0 bridgehead atoms. The Morgan fingerprint density at radius 2 is 1.18 bits per heavy atom. The lowest BCUT2D eigenvalue weighted by Crippen LogP contribution is -2.15. The first kappa shape index (κ1) is 27.6. The van der Waals surface area contributed by atoms with Crippen molar-refractivity contribution in [1.29, 1.82) is 0 Å². The van der Waals surface area contributed by atoms with Crippen molar-refractivity contribution >= 4 is 65.0 Å². The van der Waals surface area contributed by atoms with Crippen LogP contribution in [0.5, 0.6) is 0 Å². The molecule has 0 radical (unpaired) electrons. The molecule has 0 amide bonds. The van der Waals surface area contributed by atoms with Crippen molar-refractivity contribution in [2.45, 2.75) is 19.3 Å². The van der Waals surface area contributed by atoms with Gasteiger partial charge in [0.05, 0.1) is 16.6 Å². The van der Waals surface area contributed by atoms with Crippen LogP contribution in [0.3, 0.4) is 0 Å². The van der Waals surface area contributed by atoms with Gasteiger partial charge in [-0.05, 0) is 79.5 Å². The summed E-state index contributed by atoms with van der Waals surface area (Å²) in [5.41, 5.74) is 10.8. The SMILES string of the molecule is CC1(C)c2cc3c(cc2-c2ccc4ccccc4c21)c1ccccc1n3-c1cccc(-c2ncc3c4ccccc4c4ccccc4c3n2)c1. The second kappa shape index (κ2) is 9.87. The average molecular weight is 638 g/mol. The lowest BCUT2D eigenvalue weighted by Gasteiger charge is -2.23. The highest BCUT2D eigenvalue weighted by atomic mass is 15.0. The summed E-state index contributed by atoms with van der Waals surface area (Å²) >= 11 is 0. The molecular weight excluding hydrogens is 607 g/mol. The average Bonchev–Trinajstić information content (AvgIpc) is 3.62. The third kappa shape index (κ3) is 3.64. The summed E-state index contributed by atoms with van der Waals surface area (Å²) in [7, 11) is 0. The Balaban J connectivity index is 1.13. The summed E-state index contributed by atoms with van der Waals surface area (Å²) in [4.78, 5) is 10.2. The quantitative estimate of drug-likeness (QED) is 0.177. The minimum Gasteiger partial charge on any atom is -0.309 e. The predicted octanol–water partition coefficient (Wildman–Crippen LogP) is 12.2. The Labute approximate surface area is 289 Å². The van der Waals surface area contributed by atoms with Crippen molar-refractivity contribution < 1.29 is 0 Å². The number of hydrogen-bond donors (Lipinski definition) is 0. The molecule has 8 aromatic carbocycles. The van der Waals surface area contributed by atoms with Crippen LogP contribution in [-0.2, 0) is 5.41 Å². The van der Waals surface area contributed by atoms with Crippen molar-refractivity contribution in [3.63, 3.8) is 0 Å². The van der Waals surface area contributed by atoms with Gasteiger partial charge < -0.3 is 4.57 Å². The molecule has 0 N–H and O–H groups in total. The molecule has 11 rings (SSSR count). The molecule has 2 heterocycles. The third-order valence-electron chi connectivity index (χ3n) is 11.2. The molecule has 3 nitrogen and oxygen atoms in total. The number of hydrogen-bond acceptors (Lipinski definition) is 2. The van der Waals surface area contributed by atoms with E-state index in [1.165, 1.54) is 71.0 Å². The maximum Gasteiger partial charge on any atom is 0.159 e. The van der Waals surface area contributed by atoms with Crippen LogP contribution in [0.1, 0.15) is 25.0 Å². The van der Waals surface area contributed by atoms with Gasteiger partial charge in [-0.25, -0.2) is 9.97 Å². The van der Waals surface area contributed by atoms with Crippen LogP contribution in [0, 0.1) is 0 Å². The molecule has 1 aliphatic carbocycles. The van der Waals surface area contributed by atoms with E-state index in [9.17, 15) is 0 Å². The first-order valence-electron chi connectivity index (χ1n) is 17.3. The number of para-hydroxylation sites is 1. The monoisotopic (exact) mass is 637 g/mol. The summed E-state index contributed by atoms with van der Waals surface area (Å²) in [5, 5.41) is 11.0. The van der Waals surface area contributed by atoms with Crippen LogP contribution in [-0.4, -0.2) is 14.5 Å². The lowest BCUT2D eigenvalue weighted by atomic mass is 9.80. The van der Waals surface area contributed by atoms with Crippen LogP contribution >= 0.6 is 0 Å². The number of nitrogens with zero attached hydrogens (tertiary/aromatic N) is 3. The normalized spacial score (nSPS) is 13.6. The summed E-state index contributed by atoms with van der Waals surface area (Å²) in [5.74, 6) is 0.727. The molecule has 50 heavy (non-hydrogen) atoms. The minimum atomic E-state index is -0.144. The van der Waals surface area contributed by atoms with E-state index in [-0.39, 0.29) is 5.41 Å². The van der Waals surface area contributed by atoms with Crippen LogP contribution in [0.2, 0.25) is 0 Å². The van der Waals surface area contributed by atoms with Crippen molar-refractivity contribution in [1.82, 2.24) is 14.5 Å². The van der Waals surface area contributed by atoms with Gasteiger partial charge in [-0.2, -0.15) is 0 Å². The van der Waals surface area contributed by atoms with Crippen LogP contribution in [0.15, 0.2) is 152 Å². The molecule has 10 aromatic rings. The van der Waals surface area contributed by atoms with Crippen LogP contribution in [0.25, 0.3) is 93.2 Å². The highest BCUT2D eigenvalue weighted by molar-refractivity contribution is 6.24. The van der Waals surface area contributed by atoms with E-state index >= 15 is 0 Å². The molecule has 3 heteroatoms. The van der Waals surface area contributed by atoms with Crippen LogP contribution in [0.4, 0.5) is 0 Å². The molecule has 0 atom stereocenters. The Morgan fingerprint density at radius 1 is 0.500 bits per heavy atom. The third-order valence-corrected chi connectivity index (χ3v) is 11.2. The number of aromatic nitrogens is 3. The zero-order valence-electron chi connectivity index (χ0n) is 27.8. The zero-order chi connectivity index (χ0) is 33.1. The molecule has 0 unspecified atom stereocenters. The summed E-state index contributed by atoms with van der Waals surface area (Å²) < 4.78 is 2.43. The molecule has 0 spiro atoms. The molecule has 234 valence electrons. The summed E-state index contributed by atoms with van der Waals surface area (Å²) in [6, 6.07) is 53.0. The van der Waals surface area contributed by atoms with Crippen LogP contribution < -0.4 is 0 Å². The Bertz CT molecular complexity index is 3040. The van der Waals surface area contributed by atoms with E-state index in [1.54, 1.807) is 0 Å². The zero-order valence-corrected chi connectivity index (χ0v) is 27.8. The van der Waals surface area contributed by atoms with Gasteiger partial charge in [0.2, 0.25) is 0 Å². The first-order chi connectivity index (χ1) is 24.6. The fourth-order valence-corrected chi connectivity index (χ4v) is 8.92. The van der Waals surface area contributed by atoms with Gasteiger partial charge >= 0.3 is 0 Å². The van der Waals surface area contributed by atoms with Gasteiger partial charge in [0.1, 0.15) is 0 Å². The van der Waals surface area contributed by atoms with E-state index in [1.807, 2.05) is 6.20 Å². The first-order valence-corrected chi connectivity index (χ1v) is 17.3. The lowest BCUT2D eigenvalue weighted by molar-refractivity contribution is 0.667. The van der Waals surface area contributed by atoms with Gasteiger partial charge in [-0.3, -0.25) is 0 Å². The van der Waals surface area contributed by atoms with E-state index in [4.69, 9.17) is 9.97 Å². The fraction of sp³-hybridized carbons (Fsp3) is 0.0638. The Hall–Kier alpha value is -6.32. The highest BCUT2D eigenvalue weighted by Gasteiger charge is 2.37. The summed E-state index contributed by atoms with van der Waals surface area (Å²) in [6.45, 7) is 4.76. The van der Waals surface area contributed by atoms with Gasteiger partial charge in [-0.15, -0.1) is 0 Å². The van der Waals surface area contributed by atoms with E-state index < -0.39 is 0 Å². The standard InChI is InChI=1S/C47H31N3/c1-47(2)41-26-43-39(25-38(41)36-23-22-28-12-3-4-15-31(28)44(36)47)35-19-9-10-21-42(35)50(43)30-14-11-13-29(24-30)46-48-27-40-34-18-6-5-16-32(34)33-17-7-8-20-37(33)45(40)49-46/h3-27H,1-2H3. The predicted molar refractivity (Wildman–Crippen MR) is 209 cm³/mol. The molecular formula is C47H31N3. The van der Waals surface area contributed by atoms with E-state index in [0.29, 0.717) is 0 Å². The molecule has 0 aliphatic heterocycles. The number of benzene rings is 8. The molecule has 0 saturated carbocycles. The molecule has 0 saturated heterocycles. The molecule has 1 aliphatic rings. The maximum atomic E-state index is 5.26. The van der Waals surface area contributed by atoms with Crippen molar-refractivity contribution in [3.8, 4) is 28.2 Å². The molecule has 0 fully saturated rings. The Kier molecular flexibility index (Phi) is 5.45. The summed E-state index contributed by atoms with van der Waals surface area (Å²) in [6.07, 6.45) is 2.01.